The Bertz CT molecular complexity index is 638. The van der Waals surface area contributed by atoms with Crippen LogP contribution < -0.4 is 0 Å². The molecule has 0 saturated carbocycles. The van der Waals surface area contributed by atoms with E-state index in [9.17, 15) is 0 Å². The lowest BCUT2D eigenvalue weighted by atomic mass is 9.92. The highest BCUT2D eigenvalue weighted by molar-refractivity contribution is 5.71. The standard InChI is InChI=1S/C18H28N4/c1-18(2,3)12-16-20-15-9-7-10-19-17(15)22(16)13-14-8-5-6-11-21(14)4/h7,9-10,14H,5-6,8,11-13H2,1-4H3. The van der Waals surface area contributed by atoms with E-state index in [0.29, 0.717) is 6.04 Å². The van der Waals surface area contributed by atoms with E-state index < -0.39 is 0 Å². The average molecular weight is 300 g/mol. The minimum absolute atomic E-state index is 0.234. The van der Waals surface area contributed by atoms with Gasteiger partial charge in [0.05, 0.1) is 0 Å². The van der Waals surface area contributed by atoms with E-state index in [2.05, 4.69) is 48.3 Å². The van der Waals surface area contributed by atoms with Crippen molar-refractivity contribution >= 4 is 11.2 Å². The molecule has 1 atom stereocenters. The summed E-state index contributed by atoms with van der Waals surface area (Å²) in [5, 5.41) is 0. The highest BCUT2D eigenvalue weighted by Crippen LogP contribution is 2.25. The summed E-state index contributed by atoms with van der Waals surface area (Å²) in [5.41, 5.74) is 2.30. The van der Waals surface area contributed by atoms with Crippen molar-refractivity contribution in [2.24, 2.45) is 5.41 Å². The molecular weight excluding hydrogens is 272 g/mol. The van der Waals surface area contributed by atoms with Gasteiger partial charge in [0.1, 0.15) is 11.3 Å². The molecule has 1 aliphatic rings. The molecule has 0 radical (unpaired) electrons. The molecule has 0 spiro atoms. The third kappa shape index (κ3) is 3.32. The maximum atomic E-state index is 4.87. The first-order valence-electron chi connectivity index (χ1n) is 8.44. The predicted molar refractivity (Wildman–Crippen MR) is 91.0 cm³/mol. The first-order valence-corrected chi connectivity index (χ1v) is 8.44. The Hall–Kier alpha value is -1.42. The maximum absolute atomic E-state index is 4.87. The van der Waals surface area contributed by atoms with Crippen molar-refractivity contribution in [1.82, 2.24) is 19.4 Å². The fourth-order valence-electron chi connectivity index (χ4n) is 3.39. The molecule has 3 rings (SSSR count). The Balaban J connectivity index is 1.96. The molecule has 0 aliphatic carbocycles. The van der Waals surface area contributed by atoms with Crippen LogP contribution in [0.5, 0.6) is 0 Å². The van der Waals surface area contributed by atoms with Crippen LogP contribution in [0.1, 0.15) is 45.9 Å². The van der Waals surface area contributed by atoms with E-state index in [1.54, 1.807) is 0 Å². The van der Waals surface area contributed by atoms with Crippen LogP contribution in [0.15, 0.2) is 18.3 Å². The summed E-state index contributed by atoms with van der Waals surface area (Å²) in [6, 6.07) is 4.66. The number of rotatable bonds is 3. The van der Waals surface area contributed by atoms with Crippen LogP contribution in [0.4, 0.5) is 0 Å². The lowest BCUT2D eigenvalue weighted by Crippen LogP contribution is -2.39. The van der Waals surface area contributed by atoms with Gasteiger partial charge in [-0.2, -0.15) is 0 Å². The van der Waals surface area contributed by atoms with E-state index in [1.165, 1.54) is 31.6 Å². The number of hydrogen-bond acceptors (Lipinski definition) is 3. The number of nitrogens with zero attached hydrogens (tertiary/aromatic N) is 4. The molecule has 1 unspecified atom stereocenters. The van der Waals surface area contributed by atoms with Crippen LogP contribution in [0, 0.1) is 5.41 Å². The smallest absolute Gasteiger partial charge is 0.160 e. The highest BCUT2D eigenvalue weighted by atomic mass is 15.2. The summed E-state index contributed by atoms with van der Waals surface area (Å²) in [7, 11) is 2.25. The Morgan fingerprint density at radius 3 is 2.82 bits per heavy atom. The van der Waals surface area contributed by atoms with Gasteiger partial charge < -0.3 is 9.47 Å². The summed E-state index contributed by atoms with van der Waals surface area (Å²) < 4.78 is 2.37. The summed E-state index contributed by atoms with van der Waals surface area (Å²) in [6.45, 7) is 9.04. The lowest BCUT2D eigenvalue weighted by Gasteiger charge is -2.33. The van der Waals surface area contributed by atoms with Crippen LogP contribution in [0.2, 0.25) is 0 Å². The van der Waals surface area contributed by atoms with E-state index >= 15 is 0 Å². The van der Waals surface area contributed by atoms with E-state index in [0.717, 1.165) is 24.1 Å². The Labute approximate surface area is 133 Å². The molecule has 1 fully saturated rings. The molecule has 4 heteroatoms. The van der Waals surface area contributed by atoms with Crippen molar-refractivity contribution in [2.45, 2.75) is 59.0 Å². The summed E-state index contributed by atoms with van der Waals surface area (Å²) in [4.78, 5) is 12.0. The van der Waals surface area contributed by atoms with Crippen molar-refractivity contribution in [3.05, 3.63) is 24.2 Å². The molecule has 0 amide bonds. The second kappa shape index (κ2) is 5.99. The number of imidazole rings is 1. The zero-order valence-corrected chi connectivity index (χ0v) is 14.3. The van der Waals surface area contributed by atoms with Gasteiger partial charge in [-0.3, -0.25) is 0 Å². The van der Waals surface area contributed by atoms with Crippen molar-refractivity contribution in [2.75, 3.05) is 13.6 Å². The van der Waals surface area contributed by atoms with Gasteiger partial charge in [-0.1, -0.05) is 27.2 Å². The lowest BCUT2D eigenvalue weighted by molar-refractivity contribution is 0.167. The van der Waals surface area contributed by atoms with E-state index in [-0.39, 0.29) is 5.41 Å². The van der Waals surface area contributed by atoms with Gasteiger partial charge in [0.25, 0.3) is 0 Å². The van der Waals surface area contributed by atoms with Crippen LogP contribution in [-0.4, -0.2) is 39.1 Å². The first-order chi connectivity index (χ1) is 10.4. The van der Waals surface area contributed by atoms with Crippen molar-refractivity contribution < 1.29 is 0 Å². The van der Waals surface area contributed by atoms with Gasteiger partial charge in [0.2, 0.25) is 0 Å². The number of likely N-dealkylation sites (tertiary alicyclic amines) is 1. The average Bonchev–Trinajstić information content (AvgIpc) is 2.77. The van der Waals surface area contributed by atoms with E-state index in [1.807, 2.05) is 12.3 Å². The van der Waals surface area contributed by atoms with Crippen LogP contribution in [-0.2, 0) is 13.0 Å². The van der Waals surface area contributed by atoms with Crippen molar-refractivity contribution in [3.63, 3.8) is 0 Å². The predicted octanol–water partition coefficient (Wildman–Crippen LogP) is 3.50. The summed E-state index contributed by atoms with van der Waals surface area (Å²) in [6.07, 6.45) is 6.80. The number of hydrogen-bond donors (Lipinski definition) is 0. The largest absolute Gasteiger partial charge is 0.311 e. The molecule has 0 aromatic carbocycles. The minimum Gasteiger partial charge on any atom is -0.311 e. The third-order valence-electron chi connectivity index (χ3n) is 4.59. The topological polar surface area (TPSA) is 34.0 Å². The zero-order valence-electron chi connectivity index (χ0n) is 14.3. The van der Waals surface area contributed by atoms with E-state index in [4.69, 9.17) is 4.98 Å². The second-order valence-corrected chi connectivity index (χ2v) is 7.85. The van der Waals surface area contributed by atoms with Gasteiger partial charge in [-0.05, 0) is 44.0 Å². The molecule has 2 aromatic rings. The summed E-state index contributed by atoms with van der Waals surface area (Å²) in [5.74, 6) is 1.18. The van der Waals surface area contributed by atoms with Crippen LogP contribution in [0.3, 0.4) is 0 Å². The van der Waals surface area contributed by atoms with Gasteiger partial charge in [-0.15, -0.1) is 0 Å². The molecule has 120 valence electrons. The number of pyridine rings is 1. The molecule has 0 bridgehead atoms. The quantitative estimate of drug-likeness (QED) is 0.870. The normalized spacial score (nSPS) is 20.6. The van der Waals surface area contributed by atoms with Gasteiger partial charge in [0.15, 0.2) is 5.65 Å². The maximum Gasteiger partial charge on any atom is 0.160 e. The molecule has 2 aromatic heterocycles. The number of fused-ring (bicyclic) bond motifs is 1. The van der Waals surface area contributed by atoms with Gasteiger partial charge in [-0.25, -0.2) is 9.97 Å². The number of aromatic nitrogens is 3. The molecule has 0 N–H and O–H groups in total. The summed E-state index contributed by atoms with van der Waals surface area (Å²) >= 11 is 0. The number of likely N-dealkylation sites (N-methyl/N-ethyl adjacent to an activating group) is 1. The van der Waals surface area contributed by atoms with Crippen LogP contribution >= 0.6 is 0 Å². The molecule has 22 heavy (non-hydrogen) atoms. The molecule has 1 saturated heterocycles. The SMILES string of the molecule is CN1CCCCC1Cn1c(CC(C)(C)C)nc2cccnc21. The Kier molecular flexibility index (Phi) is 4.22. The van der Waals surface area contributed by atoms with Crippen molar-refractivity contribution in [1.29, 1.82) is 0 Å². The Morgan fingerprint density at radius 1 is 1.27 bits per heavy atom. The minimum atomic E-state index is 0.234. The van der Waals surface area contributed by atoms with Crippen molar-refractivity contribution in [3.8, 4) is 0 Å². The fraction of sp³-hybridized carbons (Fsp3) is 0.667. The molecular formula is C18H28N4. The third-order valence-corrected chi connectivity index (χ3v) is 4.59. The molecule has 3 heterocycles. The molecule has 1 aliphatic heterocycles. The van der Waals surface area contributed by atoms with Gasteiger partial charge in [0, 0.05) is 25.2 Å². The zero-order chi connectivity index (χ0) is 15.7. The highest BCUT2D eigenvalue weighted by Gasteiger charge is 2.24. The van der Waals surface area contributed by atoms with Gasteiger partial charge >= 0.3 is 0 Å². The molecule has 4 nitrogen and oxygen atoms in total. The van der Waals surface area contributed by atoms with Crippen LogP contribution in [0.25, 0.3) is 11.2 Å². The first kappa shape index (κ1) is 15.5. The Morgan fingerprint density at radius 2 is 2.09 bits per heavy atom. The monoisotopic (exact) mass is 300 g/mol. The second-order valence-electron chi connectivity index (χ2n) is 7.85. The fourth-order valence-corrected chi connectivity index (χ4v) is 3.39. The number of piperidine rings is 1.